The minimum Gasteiger partial charge on any atom is -0.336 e. The van der Waals surface area contributed by atoms with Crippen molar-refractivity contribution >= 4 is 16.9 Å². The molecule has 2 aromatic heterocycles. The Kier molecular flexibility index (Phi) is 5.72. The molecule has 2 fully saturated rings. The molecule has 168 valence electrons. The van der Waals surface area contributed by atoms with Crippen LogP contribution in [0.4, 0.5) is 0 Å². The Morgan fingerprint density at radius 2 is 1.78 bits per heavy atom. The summed E-state index contributed by atoms with van der Waals surface area (Å²) in [5.41, 5.74) is 4.55. The van der Waals surface area contributed by atoms with Gasteiger partial charge < -0.3 is 4.90 Å². The van der Waals surface area contributed by atoms with E-state index in [2.05, 4.69) is 42.9 Å². The molecule has 0 atom stereocenters. The molecule has 1 aliphatic carbocycles. The molecule has 1 aromatic carbocycles. The Bertz CT molecular complexity index is 1120. The number of amides is 1. The highest BCUT2D eigenvalue weighted by molar-refractivity contribution is 6.06. The molecule has 1 saturated heterocycles. The molecular weight excluding hydrogens is 398 g/mol. The van der Waals surface area contributed by atoms with Crippen LogP contribution in [0.25, 0.3) is 22.3 Å². The number of benzene rings is 1. The quantitative estimate of drug-likeness (QED) is 0.601. The van der Waals surface area contributed by atoms with Gasteiger partial charge in [-0.15, -0.1) is 0 Å². The van der Waals surface area contributed by atoms with Crippen molar-refractivity contribution in [2.75, 3.05) is 26.2 Å². The van der Waals surface area contributed by atoms with Crippen LogP contribution in [-0.4, -0.2) is 62.7 Å². The molecule has 0 N–H and O–H groups in total. The summed E-state index contributed by atoms with van der Waals surface area (Å²) >= 11 is 0. The number of aryl methyl sites for hydroxylation is 1. The van der Waals surface area contributed by atoms with Crippen molar-refractivity contribution in [3.8, 4) is 11.3 Å². The summed E-state index contributed by atoms with van der Waals surface area (Å²) in [4.78, 5) is 23.3. The Labute approximate surface area is 190 Å². The van der Waals surface area contributed by atoms with Gasteiger partial charge in [-0.25, -0.2) is 9.67 Å². The maximum atomic E-state index is 13.7. The van der Waals surface area contributed by atoms with Crippen molar-refractivity contribution in [2.45, 2.75) is 58.5 Å². The van der Waals surface area contributed by atoms with E-state index in [1.807, 2.05) is 34.0 Å². The van der Waals surface area contributed by atoms with E-state index in [-0.39, 0.29) is 11.9 Å². The summed E-state index contributed by atoms with van der Waals surface area (Å²) in [6.07, 6.45) is 7.13. The van der Waals surface area contributed by atoms with Gasteiger partial charge in [0.05, 0.1) is 22.8 Å². The number of piperazine rings is 1. The highest BCUT2D eigenvalue weighted by Gasteiger charge is 2.29. The number of rotatable bonds is 4. The van der Waals surface area contributed by atoms with Gasteiger partial charge in [0, 0.05) is 43.8 Å². The first kappa shape index (κ1) is 21.1. The lowest BCUT2D eigenvalue weighted by molar-refractivity contribution is 0.0575. The van der Waals surface area contributed by atoms with Gasteiger partial charge in [0.15, 0.2) is 5.65 Å². The van der Waals surface area contributed by atoms with Gasteiger partial charge in [-0.1, -0.05) is 37.1 Å². The first-order valence-corrected chi connectivity index (χ1v) is 12.0. The van der Waals surface area contributed by atoms with Gasteiger partial charge in [0.1, 0.15) is 0 Å². The molecule has 6 nitrogen and oxygen atoms in total. The van der Waals surface area contributed by atoms with Crippen molar-refractivity contribution in [2.24, 2.45) is 0 Å². The summed E-state index contributed by atoms with van der Waals surface area (Å²) in [6, 6.07) is 11.1. The van der Waals surface area contributed by atoms with Crippen molar-refractivity contribution in [1.29, 1.82) is 0 Å². The van der Waals surface area contributed by atoms with Gasteiger partial charge in [0.2, 0.25) is 0 Å². The molecule has 3 heterocycles. The number of carbonyl (C=O) groups is 1. The van der Waals surface area contributed by atoms with Crippen molar-refractivity contribution in [1.82, 2.24) is 24.6 Å². The molecular formula is C26H33N5O. The predicted molar refractivity (Wildman–Crippen MR) is 128 cm³/mol. The van der Waals surface area contributed by atoms with E-state index >= 15 is 0 Å². The molecule has 0 unspecified atom stereocenters. The van der Waals surface area contributed by atoms with Gasteiger partial charge in [-0.3, -0.25) is 9.69 Å². The lowest BCUT2D eigenvalue weighted by Gasteiger charge is -2.38. The fourth-order valence-electron chi connectivity index (χ4n) is 5.30. The second kappa shape index (κ2) is 8.66. The fraction of sp³-hybridized carbons (Fsp3) is 0.500. The highest BCUT2D eigenvalue weighted by Crippen LogP contribution is 2.30. The van der Waals surface area contributed by atoms with Crippen LogP contribution in [0.5, 0.6) is 0 Å². The van der Waals surface area contributed by atoms with E-state index in [1.54, 1.807) is 0 Å². The molecule has 0 radical (unpaired) electrons. The number of carbonyl (C=O) groups excluding carboxylic acids is 1. The molecule has 1 aliphatic heterocycles. The molecule has 0 bridgehead atoms. The van der Waals surface area contributed by atoms with Crippen LogP contribution in [0.3, 0.4) is 0 Å². The van der Waals surface area contributed by atoms with Gasteiger partial charge in [0.25, 0.3) is 5.91 Å². The summed E-state index contributed by atoms with van der Waals surface area (Å²) in [5.74, 6) is 0.0987. The largest absolute Gasteiger partial charge is 0.336 e. The summed E-state index contributed by atoms with van der Waals surface area (Å²) < 4.78 is 1.92. The van der Waals surface area contributed by atoms with Gasteiger partial charge in [-0.2, -0.15) is 5.10 Å². The molecule has 1 saturated carbocycles. The third-order valence-corrected chi connectivity index (χ3v) is 7.15. The molecule has 3 aromatic rings. The van der Waals surface area contributed by atoms with Crippen LogP contribution in [-0.2, 0) is 0 Å². The number of hydrogen-bond donors (Lipinski definition) is 0. The van der Waals surface area contributed by atoms with Crippen LogP contribution in [0, 0.1) is 6.92 Å². The SMILES string of the molecule is Cc1ccccc1-c1cc(C(=O)N2CCN(C3CCCC3)CC2)c2cnn(C(C)C)c2n1. The molecule has 0 spiro atoms. The first-order chi connectivity index (χ1) is 15.5. The Morgan fingerprint density at radius 3 is 2.47 bits per heavy atom. The minimum absolute atomic E-state index is 0.0987. The average Bonchev–Trinajstić information content (AvgIpc) is 3.49. The smallest absolute Gasteiger partial charge is 0.254 e. The maximum Gasteiger partial charge on any atom is 0.254 e. The van der Waals surface area contributed by atoms with E-state index in [0.29, 0.717) is 0 Å². The number of nitrogens with zero attached hydrogens (tertiary/aromatic N) is 5. The molecule has 5 rings (SSSR count). The van der Waals surface area contributed by atoms with Crippen LogP contribution >= 0.6 is 0 Å². The zero-order valence-electron chi connectivity index (χ0n) is 19.4. The zero-order valence-corrected chi connectivity index (χ0v) is 19.4. The molecule has 6 heteroatoms. The second-order valence-electron chi connectivity index (χ2n) is 9.56. The van der Waals surface area contributed by atoms with E-state index < -0.39 is 0 Å². The van der Waals surface area contributed by atoms with Crippen molar-refractivity contribution < 1.29 is 4.79 Å². The summed E-state index contributed by atoms with van der Waals surface area (Å²) in [5, 5.41) is 5.43. The lowest BCUT2D eigenvalue weighted by Crippen LogP contribution is -2.51. The van der Waals surface area contributed by atoms with Crippen molar-refractivity contribution in [3.05, 3.63) is 47.7 Å². The third kappa shape index (κ3) is 3.81. The summed E-state index contributed by atoms with van der Waals surface area (Å²) in [7, 11) is 0. The minimum atomic E-state index is 0.0987. The molecule has 32 heavy (non-hydrogen) atoms. The average molecular weight is 432 g/mol. The second-order valence-corrected chi connectivity index (χ2v) is 9.56. The van der Waals surface area contributed by atoms with E-state index in [1.165, 1.54) is 25.7 Å². The Morgan fingerprint density at radius 1 is 1.06 bits per heavy atom. The van der Waals surface area contributed by atoms with Crippen LogP contribution in [0.2, 0.25) is 0 Å². The van der Waals surface area contributed by atoms with Gasteiger partial charge in [-0.05, 0) is 45.2 Å². The third-order valence-electron chi connectivity index (χ3n) is 7.15. The zero-order chi connectivity index (χ0) is 22.2. The van der Waals surface area contributed by atoms with E-state index in [4.69, 9.17) is 4.98 Å². The Balaban J connectivity index is 1.50. The topological polar surface area (TPSA) is 54.3 Å². The predicted octanol–water partition coefficient (Wildman–Crippen LogP) is 4.69. The molecule has 1 amide bonds. The van der Waals surface area contributed by atoms with Crippen LogP contribution in [0.1, 0.15) is 61.5 Å². The maximum absolute atomic E-state index is 13.7. The Hall–Kier alpha value is -2.73. The summed E-state index contributed by atoms with van der Waals surface area (Å²) in [6.45, 7) is 9.80. The van der Waals surface area contributed by atoms with E-state index in [9.17, 15) is 4.79 Å². The highest BCUT2D eigenvalue weighted by atomic mass is 16.2. The van der Waals surface area contributed by atoms with Crippen molar-refractivity contribution in [3.63, 3.8) is 0 Å². The normalized spacial score (nSPS) is 18.2. The monoisotopic (exact) mass is 431 g/mol. The van der Waals surface area contributed by atoms with Crippen LogP contribution < -0.4 is 0 Å². The number of aromatic nitrogens is 3. The first-order valence-electron chi connectivity index (χ1n) is 12.0. The number of pyridine rings is 1. The fourth-order valence-corrected chi connectivity index (χ4v) is 5.30. The molecule has 2 aliphatic rings. The lowest BCUT2D eigenvalue weighted by atomic mass is 10.0. The van der Waals surface area contributed by atoms with Crippen LogP contribution in [0.15, 0.2) is 36.5 Å². The van der Waals surface area contributed by atoms with E-state index in [0.717, 1.165) is 65.6 Å². The van der Waals surface area contributed by atoms with Gasteiger partial charge >= 0.3 is 0 Å². The number of hydrogen-bond acceptors (Lipinski definition) is 4. The number of fused-ring (bicyclic) bond motifs is 1. The standard InChI is InChI=1S/C26H33N5O/c1-18(2)31-25-23(17-27-31)22(16-24(28-25)21-11-7-4-8-19(21)3)26(32)30-14-12-29(13-15-30)20-9-5-6-10-20/h4,7-8,11,16-18,20H,5-6,9-10,12-15H2,1-3H3.